The third kappa shape index (κ3) is 4.43. The van der Waals surface area contributed by atoms with E-state index in [1.54, 1.807) is 0 Å². The maximum Gasteiger partial charge on any atom is 0.352 e. The van der Waals surface area contributed by atoms with E-state index in [4.69, 9.17) is 26.1 Å². The van der Waals surface area contributed by atoms with Gasteiger partial charge in [0.2, 0.25) is 5.28 Å². The quantitative estimate of drug-likeness (QED) is 0.251. The van der Waals surface area contributed by atoms with Crippen LogP contribution in [0, 0.1) is 0 Å². The van der Waals surface area contributed by atoms with Crippen molar-refractivity contribution in [2.45, 2.75) is 37.3 Å². The number of anilines is 1. The molecule has 2 aliphatic heterocycles. The molecule has 4 heterocycles. The summed E-state index contributed by atoms with van der Waals surface area (Å²) >= 11 is 7.50. The summed E-state index contributed by atoms with van der Waals surface area (Å²) in [6.45, 7) is 2.42. The first kappa shape index (κ1) is 21.4. The molecule has 3 N–H and O–H groups in total. The Bertz CT molecular complexity index is 935. The van der Waals surface area contributed by atoms with Crippen LogP contribution in [0.25, 0.3) is 10.9 Å². The van der Waals surface area contributed by atoms with Crippen LogP contribution in [0.3, 0.4) is 0 Å². The Balaban J connectivity index is 1.58. The van der Waals surface area contributed by atoms with Gasteiger partial charge < -0.3 is 24.7 Å². The van der Waals surface area contributed by atoms with Crippen molar-refractivity contribution in [3.63, 3.8) is 0 Å². The fraction of sp³-hybridized carbons (Fsp3) is 0.625. The van der Waals surface area contributed by atoms with Crippen molar-refractivity contribution in [1.29, 1.82) is 0 Å². The molecule has 0 aliphatic carbocycles. The predicted octanol–water partition coefficient (Wildman–Crippen LogP) is 1.87. The summed E-state index contributed by atoms with van der Waals surface area (Å²) in [6, 6.07) is 0. The zero-order valence-electron chi connectivity index (χ0n) is 15.5. The lowest BCUT2D eigenvalue weighted by Crippen LogP contribution is -2.33. The highest BCUT2D eigenvalue weighted by Crippen LogP contribution is 2.43. The minimum atomic E-state index is -3.83. The average molecular weight is 466 g/mol. The van der Waals surface area contributed by atoms with Crippen LogP contribution >= 0.6 is 30.5 Å². The summed E-state index contributed by atoms with van der Waals surface area (Å²) in [6.07, 6.45) is -2.16. The van der Waals surface area contributed by atoms with Crippen molar-refractivity contribution >= 4 is 47.3 Å². The van der Waals surface area contributed by atoms with Crippen molar-refractivity contribution in [3.8, 4) is 0 Å². The predicted molar refractivity (Wildman–Crippen MR) is 106 cm³/mol. The molecule has 0 radical (unpaired) electrons. The first-order chi connectivity index (χ1) is 13.7. The Morgan fingerprint density at radius 1 is 1.34 bits per heavy atom. The van der Waals surface area contributed by atoms with E-state index in [0.29, 0.717) is 10.4 Å². The van der Waals surface area contributed by atoms with Gasteiger partial charge in [0.05, 0.1) is 15.8 Å². The van der Waals surface area contributed by atoms with Gasteiger partial charge in [0.1, 0.15) is 36.8 Å². The van der Waals surface area contributed by atoms with E-state index < -0.39 is 32.0 Å². The highest BCUT2D eigenvalue weighted by Gasteiger charge is 2.45. The fourth-order valence-electron chi connectivity index (χ4n) is 3.58. The third-order valence-electron chi connectivity index (χ3n) is 4.89. The largest absolute Gasteiger partial charge is 0.387 e. The molecule has 2 aliphatic rings. The number of hydrogen-bond donors (Lipinski definition) is 3. The molecule has 13 heteroatoms. The average Bonchev–Trinajstić information content (AvgIpc) is 3.36. The Morgan fingerprint density at radius 2 is 2.07 bits per heavy atom. The first-order valence-corrected chi connectivity index (χ1v) is 12.4. The standard InChI is InChI=1S/C16H21ClN3O7PS/c1-28(23,24)27-25-6-9-11(21)12(22)13(26-9)14-10-8(7-29-14)15(19-16(17)18-10)20-4-2-3-5-20/h7,9,11-13,21-22H,2-6H2,1H3,(H,23,24)/t9-,11-,12-,13-/m1/s1. The van der Waals surface area contributed by atoms with Crippen molar-refractivity contribution < 1.29 is 34.0 Å². The number of ether oxygens (including phenoxy) is 1. The van der Waals surface area contributed by atoms with Gasteiger partial charge in [0, 0.05) is 25.1 Å². The molecule has 0 bridgehead atoms. The second kappa shape index (κ2) is 8.33. The molecule has 5 atom stereocenters. The third-order valence-corrected chi connectivity index (χ3v) is 6.47. The molecule has 0 amide bonds. The second-order valence-electron chi connectivity index (χ2n) is 7.11. The van der Waals surface area contributed by atoms with Gasteiger partial charge >= 0.3 is 7.60 Å². The molecule has 0 spiro atoms. The molecule has 2 aromatic rings. The van der Waals surface area contributed by atoms with Crippen molar-refractivity contribution in [2.75, 3.05) is 31.3 Å². The van der Waals surface area contributed by atoms with Crippen LogP contribution in [0.5, 0.6) is 0 Å². The van der Waals surface area contributed by atoms with Crippen molar-refractivity contribution in [1.82, 2.24) is 9.97 Å². The Morgan fingerprint density at radius 3 is 2.76 bits per heavy atom. The van der Waals surface area contributed by atoms with Crippen LogP contribution in [0.2, 0.25) is 5.28 Å². The number of aromatic nitrogens is 2. The van der Waals surface area contributed by atoms with Crippen molar-refractivity contribution in [3.05, 3.63) is 15.5 Å². The molecular formula is C16H21ClN3O7PS. The van der Waals surface area contributed by atoms with Crippen LogP contribution in [0.15, 0.2) is 5.38 Å². The van der Waals surface area contributed by atoms with E-state index in [2.05, 4.69) is 19.5 Å². The molecule has 160 valence electrons. The topological polar surface area (TPSA) is 134 Å². The first-order valence-electron chi connectivity index (χ1n) is 9.07. The summed E-state index contributed by atoms with van der Waals surface area (Å²) in [4.78, 5) is 25.3. The number of thiophene rings is 1. The molecule has 2 saturated heterocycles. The van der Waals surface area contributed by atoms with Crippen LogP contribution in [0.1, 0.15) is 23.8 Å². The maximum absolute atomic E-state index is 11.1. The van der Waals surface area contributed by atoms with E-state index >= 15 is 0 Å². The number of rotatable bonds is 6. The summed E-state index contributed by atoms with van der Waals surface area (Å²) in [5.74, 6) is 0.753. The van der Waals surface area contributed by atoms with E-state index in [1.807, 2.05) is 5.38 Å². The molecule has 0 aromatic carbocycles. The number of aliphatic hydroxyl groups excluding tert-OH is 2. The minimum absolute atomic E-state index is 0.0991. The Hall–Kier alpha value is -0.880. The highest BCUT2D eigenvalue weighted by molar-refractivity contribution is 7.51. The van der Waals surface area contributed by atoms with Crippen LogP contribution in [-0.4, -0.2) is 69.7 Å². The highest BCUT2D eigenvalue weighted by atomic mass is 35.5. The number of fused-ring (bicyclic) bond motifs is 1. The number of nitrogens with zero attached hydrogens (tertiary/aromatic N) is 3. The number of hydrogen-bond acceptors (Lipinski definition) is 10. The zero-order valence-corrected chi connectivity index (χ0v) is 17.9. The lowest BCUT2D eigenvalue weighted by Gasteiger charge is -2.18. The van der Waals surface area contributed by atoms with E-state index in [9.17, 15) is 14.8 Å². The minimum Gasteiger partial charge on any atom is -0.387 e. The molecular weight excluding hydrogens is 445 g/mol. The molecule has 2 aromatic heterocycles. The normalized spacial score (nSPS) is 29.6. The molecule has 1 unspecified atom stereocenters. The van der Waals surface area contributed by atoms with E-state index in [1.165, 1.54) is 11.3 Å². The Kier molecular flexibility index (Phi) is 6.14. The van der Waals surface area contributed by atoms with Gasteiger partial charge in [0.25, 0.3) is 0 Å². The smallest absolute Gasteiger partial charge is 0.352 e. The fourth-order valence-corrected chi connectivity index (χ4v) is 5.05. The zero-order chi connectivity index (χ0) is 20.8. The molecule has 4 rings (SSSR count). The van der Waals surface area contributed by atoms with Gasteiger partial charge in [-0.15, -0.1) is 16.0 Å². The summed E-state index contributed by atoms with van der Waals surface area (Å²) in [7, 11) is -3.83. The number of aliphatic hydroxyl groups is 2. The number of halogens is 1. The Labute approximate surface area is 175 Å². The summed E-state index contributed by atoms with van der Waals surface area (Å²) < 4.78 is 21.3. The van der Waals surface area contributed by atoms with Gasteiger partial charge in [-0.2, -0.15) is 4.98 Å². The van der Waals surface area contributed by atoms with Crippen LogP contribution in [-0.2, 0) is 18.9 Å². The van der Waals surface area contributed by atoms with E-state index in [-0.39, 0.29) is 11.9 Å². The SMILES string of the molecule is CP(=O)(O)OOC[C@H]1O[C@@H](c2scc3c(N4CCCC4)nc(Cl)nc23)[C@H](O)[C@@H]1O. The van der Waals surface area contributed by atoms with Gasteiger partial charge in [0.15, 0.2) is 0 Å². The van der Waals surface area contributed by atoms with Crippen LogP contribution in [0.4, 0.5) is 5.82 Å². The van der Waals surface area contributed by atoms with Gasteiger partial charge in [-0.25, -0.2) is 9.87 Å². The van der Waals surface area contributed by atoms with Crippen LogP contribution < -0.4 is 4.90 Å². The monoisotopic (exact) mass is 465 g/mol. The van der Waals surface area contributed by atoms with Gasteiger partial charge in [-0.1, -0.05) is 0 Å². The maximum atomic E-state index is 11.1. The van der Waals surface area contributed by atoms with E-state index in [0.717, 1.165) is 43.8 Å². The lowest BCUT2D eigenvalue weighted by molar-refractivity contribution is -0.236. The lowest BCUT2D eigenvalue weighted by atomic mass is 10.1. The molecule has 0 saturated carbocycles. The van der Waals surface area contributed by atoms with Gasteiger partial charge in [-0.3, -0.25) is 4.57 Å². The van der Waals surface area contributed by atoms with Crippen molar-refractivity contribution in [2.24, 2.45) is 0 Å². The van der Waals surface area contributed by atoms with Gasteiger partial charge in [-0.05, 0) is 24.4 Å². The second-order valence-corrected chi connectivity index (χ2v) is 10.1. The molecule has 2 fully saturated rings. The summed E-state index contributed by atoms with van der Waals surface area (Å²) in [5.41, 5.74) is 0.569. The summed E-state index contributed by atoms with van der Waals surface area (Å²) in [5, 5.41) is 23.6. The molecule has 10 nitrogen and oxygen atoms in total. The molecule has 29 heavy (non-hydrogen) atoms.